The first-order valence-corrected chi connectivity index (χ1v) is 18.5. The zero-order valence-corrected chi connectivity index (χ0v) is 30.3. The monoisotopic (exact) mass is 705 g/mol. The van der Waals surface area contributed by atoms with Gasteiger partial charge in [-0.1, -0.05) is 152 Å². The number of aromatic nitrogens is 5. The fourth-order valence-electron chi connectivity index (χ4n) is 7.97. The van der Waals surface area contributed by atoms with E-state index in [0.29, 0.717) is 17.6 Å². The molecule has 0 aliphatic carbocycles. The van der Waals surface area contributed by atoms with E-state index in [1.165, 1.54) is 10.8 Å². The van der Waals surface area contributed by atoms with Crippen LogP contribution in [0, 0.1) is 0 Å². The molecule has 5 heteroatoms. The van der Waals surface area contributed by atoms with Crippen molar-refractivity contribution >= 4 is 55.8 Å². The summed E-state index contributed by atoms with van der Waals surface area (Å²) in [6.07, 6.45) is 6.20. The van der Waals surface area contributed by atoms with Crippen molar-refractivity contribution in [3.05, 3.63) is 188 Å². The molecule has 0 fully saturated rings. The molecular formula is C50H35N5. The molecule has 0 saturated carbocycles. The first kappa shape index (κ1) is 32.3. The largest absolute Gasteiger partial charge is 0.309 e. The molecule has 7 aromatic carbocycles. The van der Waals surface area contributed by atoms with Crippen molar-refractivity contribution in [2.24, 2.45) is 0 Å². The predicted octanol–water partition coefficient (Wildman–Crippen LogP) is 12.7. The molecule has 0 bridgehead atoms. The molecule has 0 aliphatic heterocycles. The van der Waals surface area contributed by atoms with Gasteiger partial charge in [0.15, 0.2) is 11.6 Å². The van der Waals surface area contributed by atoms with Crippen LogP contribution in [0.4, 0.5) is 0 Å². The van der Waals surface area contributed by atoms with Gasteiger partial charge in [0.1, 0.15) is 0 Å². The Balaban J connectivity index is 1.19. The summed E-state index contributed by atoms with van der Waals surface area (Å²) in [5.74, 6) is 1.84. The minimum absolute atomic E-state index is 0.577. The van der Waals surface area contributed by atoms with Gasteiger partial charge in [-0.2, -0.15) is 9.97 Å². The Labute approximate surface area is 318 Å². The molecule has 260 valence electrons. The molecule has 10 rings (SSSR count). The summed E-state index contributed by atoms with van der Waals surface area (Å²) in [5, 5.41) is 4.68. The molecule has 55 heavy (non-hydrogen) atoms. The van der Waals surface area contributed by atoms with Gasteiger partial charge in [0.05, 0.1) is 27.8 Å². The van der Waals surface area contributed by atoms with Crippen molar-refractivity contribution in [2.45, 2.75) is 6.92 Å². The van der Waals surface area contributed by atoms with Gasteiger partial charge in [0.2, 0.25) is 5.95 Å². The number of benzene rings is 7. The van der Waals surface area contributed by atoms with Gasteiger partial charge in [-0.05, 0) is 60.0 Å². The van der Waals surface area contributed by atoms with Gasteiger partial charge < -0.3 is 4.57 Å². The summed E-state index contributed by atoms with van der Waals surface area (Å²) in [7, 11) is 0. The van der Waals surface area contributed by atoms with Crippen LogP contribution in [0.25, 0.3) is 101 Å². The molecule has 0 unspecified atom stereocenters. The van der Waals surface area contributed by atoms with Crippen LogP contribution in [0.2, 0.25) is 0 Å². The van der Waals surface area contributed by atoms with Crippen LogP contribution in [0.5, 0.6) is 0 Å². The second-order valence-electron chi connectivity index (χ2n) is 13.7. The predicted molar refractivity (Wildman–Crippen MR) is 230 cm³/mol. The summed E-state index contributed by atoms with van der Waals surface area (Å²) in [6, 6.07) is 57.4. The SMILES string of the molecule is C=Cc1cccc(-n2c3ccccc3c3cc(-c4ccc5c6ccccc6n(-c6nc(-c7ccccc7)nc(-c7ccccc7)n6)c5c4)ccc32)c1/C=C\C. The Bertz CT molecular complexity index is 3060. The third-order valence-electron chi connectivity index (χ3n) is 10.5. The fourth-order valence-corrected chi connectivity index (χ4v) is 7.97. The molecule has 0 atom stereocenters. The van der Waals surface area contributed by atoms with Gasteiger partial charge in [-0.3, -0.25) is 4.57 Å². The van der Waals surface area contributed by atoms with Crippen LogP contribution in [0.15, 0.2) is 176 Å². The molecule has 0 aliphatic rings. The van der Waals surface area contributed by atoms with Gasteiger partial charge in [0, 0.05) is 38.2 Å². The number of nitrogens with zero attached hydrogens (tertiary/aromatic N) is 5. The Hall–Kier alpha value is -7.37. The molecule has 5 nitrogen and oxygen atoms in total. The van der Waals surface area contributed by atoms with Crippen LogP contribution in [0.1, 0.15) is 18.1 Å². The molecule has 0 radical (unpaired) electrons. The van der Waals surface area contributed by atoms with Crippen molar-refractivity contribution < 1.29 is 0 Å². The first-order valence-electron chi connectivity index (χ1n) is 18.5. The third kappa shape index (κ3) is 5.36. The Morgan fingerprint density at radius 1 is 0.455 bits per heavy atom. The maximum absolute atomic E-state index is 5.14. The maximum atomic E-state index is 5.14. The van der Waals surface area contributed by atoms with Gasteiger partial charge in [-0.15, -0.1) is 0 Å². The van der Waals surface area contributed by atoms with Crippen LogP contribution >= 0.6 is 0 Å². The molecule has 3 aromatic heterocycles. The summed E-state index contributed by atoms with van der Waals surface area (Å²) >= 11 is 0. The van der Waals surface area contributed by atoms with Crippen molar-refractivity contribution in [1.29, 1.82) is 0 Å². The lowest BCUT2D eigenvalue weighted by molar-refractivity contribution is 0.953. The Morgan fingerprint density at radius 3 is 1.69 bits per heavy atom. The van der Waals surface area contributed by atoms with E-state index in [2.05, 4.69) is 138 Å². The highest BCUT2D eigenvalue weighted by Gasteiger charge is 2.20. The molecule has 0 N–H and O–H groups in total. The first-order chi connectivity index (χ1) is 27.2. The maximum Gasteiger partial charge on any atom is 0.238 e. The van der Waals surface area contributed by atoms with Crippen molar-refractivity contribution in [1.82, 2.24) is 24.1 Å². The Morgan fingerprint density at radius 2 is 1.02 bits per heavy atom. The summed E-state index contributed by atoms with van der Waals surface area (Å²) in [4.78, 5) is 15.2. The number of hydrogen-bond acceptors (Lipinski definition) is 3. The zero-order chi connectivity index (χ0) is 36.9. The molecule has 10 aromatic rings. The van der Waals surface area contributed by atoms with Crippen LogP contribution in [-0.4, -0.2) is 24.1 Å². The number of para-hydroxylation sites is 2. The Kier molecular flexibility index (Phi) is 7.77. The summed E-state index contributed by atoms with van der Waals surface area (Å²) in [5.41, 5.74) is 11.9. The van der Waals surface area contributed by atoms with E-state index in [1.54, 1.807) is 0 Å². The lowest BCUT2D eigenvalue weighted by Crippen LogP contribution is -2.06. The van der Waals surface area contributed by atoms with E-state index in [9.17, 15) is 0 Å². The summed E-state index contributed by atoms with van der Waals surface area (Å²) in [6.45, 7) is 6.17. The van der Waals surface area contributed by atoms with E-state index in [4.69, 9.17) is 15.0 Å². The highest BCUT2D eigenvalue weighted by molar-refractivity contribution is 6.12. The topological polar surface area (TPSA) is 48.5 Å². The van der Waals surface area contributed by atoms with Crippen molar-refractivity contribution in [3.8, 4) is 45.5 Å². The molecular weight excluding hydrogens is 671 g/mol. The number of rotatable bonds is 7. The molecule has 0 amide bonds. The average Bonchev–Trinajstić information content (AvgIpc) is 3.76. The van der Waals surface area contributed by atoms with Crippen LogP contribution in [-0.2, 0) is 0 Å². The fraction of sp³-hybridized carbons (Fsp3) is 0.0200. The van der Waals surface area contributed by atoms with E-state index in [1.807, 2.05) is 66.7 Å². The summed E-state index contributed by atoms with van der Waals surface area (Å²) < 4.78 is 4.57. The zero-order valence-electron chi connectivity index (χ0n) is 30.3. The standard InChI is InChI=1S/C50H35N5/c1-3-16-38-33(4-2)21-15-26-43(38)54-44-24-13-12-23-40(44)42-31-36(28-30-46(42)54)37-27-29-41-39-22-11-14-25-45(39)55(47(41)32-37)50-52-48(34-17-7-5-8-18-34)51-49(53-50)35-19-9-6-10-20-35/h3-32H,2H2,1H3/b16-3-. The lowest BCUT2D eigenvalue weighted by atomic mass is 10.0. The van der Waals surface area contributed by atoms with Crippen LogP contribution in [0.3, 0.4) is 0 Å². The highest BCUT2D eigenvalue weighted by atomic mass is 15.2. The second-order valence-corrected chi connectivity index (χ2v) is 13.7. The van der Waals surface area contributed by atoms with Crippen LogP contribution < -0.4 is 0 Å². The van der Waals surface area contributed by atoms with Crippen molar-refractivity contribution in [3.63, 3.8) is 0 Å². The normalized spacial score (nSPS) is 11.7. The lowest BCUT2D eigenvalue weighted by Gasteiger charge is -2.14. The number of hydrogen-bond donors (Lipinski definition) is 0. The smallest absolute Gasteiger partial charge is 0.238 e. The highest BCUT2D eigenvalue weighted by Crippen LogP contribution is 2.39. The minimum atomic E-state index is 0.577. The van der Waals surface area contributed by atoms with Crippen molar-refractivity contribution in [2.75, 3.05) is 0 Å². The van der Waals surface area contributed by atoms with Gasteiger partial charge in [0.25, 0.3) is 0 Å². The molecule has 3 heterocycles. The van der Waals surface area contributed by atoms with Gasteiger partial charge in [-0.25, -0.2) is 4.98 Å². The minimum Gasteiger partial charge on any atom is -0.309 e. The van der Waals surface area contributed by atoms with E-state index >= 15 is 0 Å². The number of allylic oxidation sites excluding steroid dienone is 1. The molecule has 0 saturated heterocycles. The average molecular weight is 706 g/mol. The van der Waals surface area contributed by atoms with E-state index in [0.717, 1.165) is 71.9 Å². The van der Waals surface area contributed by atoms with E-state index < -0.39 is 0 Å². The van der Waals surface area contributed by atoms with E-state index in [-0.39, 0.29) is 0 Å². The quantitative estimate of drug-likeness (QED) is 0.166. The second kappa shape index (κ2) is 13.2. The van der Waals surface area contributed by atoms with Gasteiger partial charge >= 0.3 is 0 Å². The third-order valence-corrected chi connectivity index (χ3v) is 10.5. The number of fused-ring (bicyclic) bond motifs is 6. The molecule has 0 spiro atoms.